The summed E-state index contributed by atoms with van der Waals surface area (Å²) in [6, 6.07) is 5.65. The molecule has 0 radical (unpaired) electrons. The molecule has 0 amide bonds. The highest BCUT2D eigenvalue weighted by Gasteiger charge is 2.20. The Bertz CT molecular complexity index is 573. The highest BCUT2D eigenvalue weighted by Crippen LogP contribution is 2.34. The van der Waals surface area contributed by atoms with Gasteiger partial charge in [-0.25, -0.2) is 4.39 Å². The Balaban J connectivity index is 2.54. The highest BCUT2D eigenvalue weighted by molar-refractivity contribution is 7.12. The Labute approximate surface area is 124 Å². The maximum Gasteiger partial charge on any atom is 0.123 e. The molecule has 0 aliphatic heterocycles. The Morgan fingerprint density at radius 1 is 1.05 bits per heavy atom. The number of thiophene rings is 1. The molecule has 3 heteroatoms. The van der Waals surface area contributed by atoms with Crippen molar-refractivity contribution < 1.29 is 4.39 Å². The lowest BCUT2D eigenvalue weighted by Crippen LogP contribution is -2.23. The standard InChI is InChI=1S/C17H22FNS/c1-6-19-17(15-9-10(2)13(5)20-15)16-11(3)7-14(18)8-12(16)4/h7-9,17,19H,6H2,1-5H3. The van der Waals surface area contributed by atoms with Gasteiger partial charge in [0, 0.05) is 9.75 Å². The van der Waals surface area contributed by atoms with Crippen molar-refractivity contribution in [2.45, 2.75) is 40.7 Å². The summed E-state index contributed by atoms with van der Waals surface area (Å²) < 4.78 is 13.5. The molecule has 0 saturated heterocycles. The lowest BCUT2D eigenvalue weighted by Gasteiger charge is -2.21. The van der Waals surface area contributed by atoms with E-state index in [0.717, 1.165) is 17.7 Å². The monoisotopic (exact) mass is 291 g/mol. The first-order valence-corrected chi connectivity index (χ1v) is 7.82. The van der Waals surface area contributed by atoms with Crippen molar-refractivity contribution in [1.29, 1.82) is 0 Å². The Hall–Kier alpha value is -1.19. The Morgan fingerprint density at radius 2 is 1.65 bits per heavy atom. The first kappa shape index (κ1) is 15.2. The summed E-state index contributed by atoms with van der Waals surface area (Å²) in [6.45, 7) is 11.3. The Kier molecular flexibility index (Phi) is 4.61. The second kappa shape index (κ2) is 6.06. The van der Waals surface area contributed by atoms with Gasteiger partial charge < -0.3 is 5.32 Å². The SMILES string of the molecule is CCNC(c1cc(C)c(C)s1)c1c(C)cc(F)cc1C. The molecule has 1 nitrogen and oxygen atoms in total. The molecule has 0 saturated carbocycles. The number of benzene rings is 1. The van der Waals surface area contributed by atoms with Gasteiger partial charge in [0.1, 0.15) is 5.82 Å². The first-order valence-electron chi connectivity index (χ1n) is 7.01. The van der Waals surface area contributed by atoms with Crippen molar-refractivity contribution in [1.82, 2.24) is 5.32 Å². The fourth-order valence-corrected chi connectivity index (χ4v) is 3.80. The molecular weight excluding hydrogens is 269 g/mol. The molecule has 0 aliphatic carbocycles. The van der Waals surface area contributed by atoms with E-state index in [1.807, 2.05) is 25.2 Å². The number of hydrogen-bond donors (Lipinski definition) is 1. The molecule has 1 atom stereocenters. The quantitative estimate of drug-likeness (QED) is 0.851. The number of hydrogen-bond acceptors (Lipinski definition) is 2. The number of aryl methyl sites for hydroxylation is 4. The van der Waals surface area contributed by atoms with Crippen LogP contribution in [0.25, 0.3) is 0 Å². The number of nitrogens with one attached hydrogen (secondary N) is 1. The minimum Gasteiger partial charge on any atom is -0.306 e. The fraction of sp³-hybridized carbons (Fsp3) is 0.412. The van der Waals surface area contributed by atoms with Gasteiger partial charge in [0.25, 0.3) is 0 Å². The van der Waals surface area contributed by atoms with Gasteiger partial charge in [0.15, 0.2) is 0 Å². The molecule has 2 rings (SSSR count). The predicted octanol–water partition coefficient (Wildman–Crippen LogP) is 4.82. The molecule has 108 valence electrons. The van der Waals surface area contributed by atoms with E-state index in [-0.39, 0.29) is 11.9 Å². The molecule has 1 N–H and O–H groups in total. The van der Waals surface area contributed by atoms with Gasteiger partial charge >= 0.3 is 0 Å². The van der Waals surface area contributed by atoms with Crippen LogP contribution in [0.5, 0.6) is 0 Å². The lowest BCUT2D eigenvalue weighted by atomic mass is 9.94. The second-order valence-electron chi connectivity index (χ2n) is 5.33. The van der Waals surface area contributed by atoms with Gasteiger partial charge in [-0.15, -0.1) is 11.3 Å². The largest absolute Gasteiger partial charge is 0.306 e. The van der Waals surface area contributed by atoms with Crippen molar-refractivity contribution in [3.63, 3.8) is 0 Å². The number of halogens is 1. The zero-order valence-corrected chi connectivity index (χ0v) is 13.6. The van der Waals surface area contributed by atoms with E-state index in [1.54, 1.807) is 12.1 Å². The smallest absolute Gasteiger partial charge is 0.123 e. The second-order valence-corrected chi connectivity index (χ2v) is 6.62. The van der Waals surface area contributed by atoms with Crippen LogP contribution in [0.4, 0.5) is 4.39 Å². The van der Waals surface area contributed by atoms with Gasteiger partial charge in [-0.05, 0) is 74.7 Å². The summed E-state index contributed by atoms with van der Waals surface area (Å²) in [7, 11) is 0. The van der Waals surface area contributed by atoms with Crippen molar-refractivity contribution >= 4 is 11.3 Å². The normalized spacial score (nSPS) is 12.7. The van der Waals surface area contributed by atoms with Crippen LogP contribution in [-0.4, -0.2) is 6.54 Å². The summed E-state index contributed by atoms with van der Waals surface area (Å²) in [5, 5.41) is 3.54. The average molecular weight is 291 g/mol. The molecule has 0 spiro atoms. The van der Waals surface area contributed by atoms with E-state index in [0.29, 0.717) is 0 Å². The molecule has 1 aromatic heterocycles. The van der Waals surface area contributed by atoms with Gasteiger partial charge in [0.05, 0.1) is 6.04 Å². The van der Waals surface area contributed by atoms with Crippen LogP contribution in [0, 0.1) is 33.5 Å². The third-order valence-corrected chi connectivity index (χ3v) is 4.94. The number of rotatable bonds is 4. The van der Waals surface area contributed by atoms with Gasteiger partial charge in [-0.2, -0.15) is 0 Å². The predicted molar refractivity (Wildman–Crippen MR) is 85.2 cm³/mol. The highest BCUT2D eigenvalue weighted by atomic mass is 32.1. The molecule has 1 heterocycles. The minimum atomic E-state index is -0.155. The maximum absolute atomic E-state index is 13.5. The molecule has 0 bridgehead atoms. The summed E-state index contributed by atoms with van der Waals surface area (Å²) in [4.78, 5) is 2.65. The molecule has 20 heavy (non-hydrogen) atoms. The third-order valence-electron chi connectivity index (χ3n) is 3.72. The van der Waals surface area contributed by atoms with Gasteiger partial charge in [0.2, 0.25) is 0 Å². The molecule has 1 aromatic carbocycles. The zero-order chi connectivity index (χ0) is 14.9. The van der Waals surface area contributed by atoms with Crippen LogP contribution in [0.3, 0.4) is 0 Å². The van der Waals surface area contributed by atoms with Crippen LogP contribution >= 0.6 is 11.3 Å². The summed E-state index contributed by atoms with van der Waals surface area (Å²) in [5.74, 6) is -0.155. The van der Waals surface area contributed by atoms with Crippen LogP contribution in [0.15, 0.2) is 18.2 Å². The van der Waals surface area contributed by atoms with Crippen molar-refractivity contribution in [3.8, 4) is 0 Å². The third kappa shape index (κ3) is 2.94. The van der Waals surface area contributed by atoms with E-state index < -0.39 is 0 Å². The van der Waals surface area contributed by atoms with Crippen LogP contribution < -0.4 is 5.32 Å². The topological polar surface area (TPSA) is 12.0 Å². The molecule has 0 fully saturated rings. The van der Waals surface area contributed by atoms with Crippen LogP contribution in [-0.2, 0) is 0 Å². The zero-order valence-electron chi connectivity index (χ0n) is 12.8. The Morgan fingerprint density at radius 3 is 2.10 bits per heavy atom. The molecule has 1 unspecified atom stereocenters. The van der Waals surface area contributed by atoms with E-state index in [1.165, 1.54) is 20.9 Å². The molecule has 2 aromatic rings. The first-order chi connectivity index (χ1) is 9.43. The van der Waals surface area contributed by atoms with Gasteiger partial charge in [-0.3, -0.25) is 0 Å². The average Bonchev–Trinajstić information content (AvgIpc) is 2.67. The minimum absolute atomic E-state index is 0.151. The molecule has 0 aliphatic rings. The van der Waals surface area contributed by atoms with Crippen molar-refractivity contribution in [2.75, 3.05) is 6.54 Å². The van der Waals surface area contributed by atoms with E-state index >= 15 is 0 Å². The maximum atomic E-state index is 13.5. The summed E-state index contributed by atoms with van der Waals surface area (Å²) in [6.07, 6.45) is 0. The van der Waals surface area contributed by atoms with E-state index in [9.17, 15) is 4.39 Å². The van der Waals surface area contributed by atoms with Crippen molar-refractivity contribution in [2.24, 2.45) is 0 Å². The van der Waals surface area contributed by atoms with E-state index in [4.69, 9.17) is 0 Å². The molecular formula is C17H22FNS. The fourth-order valence-electron chi connectivity index (χ4n) is 2.67. The summed E-state index contributed by atoms with van der Waals surface area (Å²) >= 11 is 1.82. The van der Waals surface area contributed by atoms with Crippen LogP contribution in [0.2, 0.25) is 0 Å². The van der Waals surface area contributed by atoms with Crippen LogP contribution in [0.1, 0.15) is 45.0 Å². The van der Waals surface area contributed by atoms with Crippen molar-refractivity contribution in [3.05, 3.63) is 56.0 Å². The van der Waals surface area contributed by atoms with Gasteiger partial charge in [-0.1, -0.05) is 6.92 Å². The summed E-state index contributed by atoms with van der Waals surface area (Å²) in [5.41, 5.74) is 4.55. The van der Waals surface area contributed by atoms with E-state index in [2.05, 4.69) is 32.2 Å². The lowest BCUT2D eigenvalue weighted by molar-refractivity contribution is 0.610.